The third kappa shape index (κ3) is 3.63. The molecule has 1 atom stereocenters. The molecule has 180 valence electrons. The fourth-order valence-electron chi connectivity index (χ4n) is 4.87. The summed E-state index contributed by atoms with van der Waals surface area (Å²) in [5.74, 6) is 0.215. The van der Waals surface area contributed by atoms with Crippen LogP contribution in [0.25, 0.3) is 27.8 Å². The molecule has 1 aliphatic rings. The fourth-order valence-corrected chi connectivity index (χ4v) is 5.16. The average Bonchev–Trinajstić information content (AvgIpc) is 3.59. The lowest BCUT2D eigenvalue weighted by Crippen LogP contribution is -2.28. The minimum Gasteiger partial charge on any atom is -0.378 e. The first-order chi connectivity index (χ1) is 17.4. The van der Waals surface area contributed by atoms with Crippen LogP contribution in [0, 0.1) is 0 Å². The van der Waals surface area contributed by atoms with Gasteiger partial charge in [-0.2, -0.15) is 0 Å². The molecular weight excluding hydrogens is 474 g/mol. The third-order valence-electron chi connectivity index (χ3n) is 7.06. The summed E-state index contributed by atoms with van der Waals surface area (Å²) in [5.41, 5.74) is 5.30. The molecule has 1 N–H and O–H groups in total. The molecule has 1 fully saturated rings. The Hall–Kier alpha value is -3.81. The SMILES string of the molecule is CN(C)C(=O)C(O)c1ccc(-c2cnc3ncc(C4(c5ccc6ncccc6c5)CC4)n3c2)cc1Cl. The van der Waals surface area contributed by atoms with Gasteiger partial charge in [0.25, 0.3) is 5.91 Å². The standard InChI is InChI=1S/C28H24ClN5O2/c1-33(2)26(36)25(35)21-7-5-17(13-22(21)29)19-14-31-27-32-15-24(34(27)16-19)28(9-10-28)20-6-8-23-18(12-20)4-3-11-30-23/h3-8,11-16,25,35H,9-10H2,1-2H3. The predicted octanol–water partition coefficient (Wildman–Crippen LogP) is 4.80. The van der Waals surface area contributed by atoms with E-state index in [1.165, 1.54) is 10.5 Å². The Morgan fingerprint density at radius 1 is 1.06 bits per heavy atom. The number of carbonyl (C=O) groups is 1. The third-order valence-corrected chi connectivity index (χ3v) is 7.39. The Morgan fingerprint density at radius 3 is 2.61 bits per heavy atom. The lowest BCUT2D eigenvalue weighted by atomic mass is 9.91. The molecule has 2 aromatic carbocycles. The van der Waals surface area contributed by atoms with Crippen LogP contribution in [0.1, 0.15) is 35.8 Å². The molecule has 3 heterocycles. The van der Waals surface area contributed by atoms with Crippen LogP contribution in [0.5, 0.6) is 0 Å². The highest BCUT2D eigenvalue weighted by Crippen LogP contribution is 2.53. The zero-order chi connectivity index (χ0) is 25.0. The summed E-state index contributed by atoms with van der Waals surface area (Å²) >= 11 is 6.49. The number of aliphatic hydroxyl groups is 1. The van der Waals surface area contributed by atoms with E-state index >= 15 is 0 Å². The van der Waals surface area contributed by atoms with Gasteiger partial charge in [-0.3, -0.25) is 14.2 Å². The van der Waals surface area contributed by atoms with Crippen LogP contribution in [0.3, 0.4) is 0 Å². The molecule has 3 aromatic heterocycles. The number of carbonyl (C=O) groups excluding carboxylic acids is 1. The van der Waals surface area contributed by atoms with E-state index in [4.69, 9.17) is 11.6 Å². The summed E-state index contributed by atoms with van der Waals surface area (Å²) in [5, 5.41) is 11.9. The van der Waals surface area contributed by atoms with Gasteiger partial charge in [-0.1, -0.05) is 35.9 Å². The number of aliphatic hydroxyl groups excluding tert-OH is 1. The summed E-state index contributed by atoms with van der Waals surface area (Å²) in [6.07, 6.45) is 8.29. The van der Waals surface area contributed by atoms with E-state index in [1.807, 2.05) is 30.7 Å². The molecule has 6 rings (SSSR count). The van der Waals surface area contributed by atoms with Crippen LogP contribution in [0.15, 0.2) is 73.3 Å². The molecule has 0 bridgehead atoms. The lowest BCUT2D eigenvalue weighted by molar-refractivity contribution is -0.137. The quantitative estimate of drug-likeness (QED) is 0.377. The van der Waals surface area contributed by atoms with Crippen molar-refractivity contribution in [2.75, 3.05) is 14.1 Å². The second-order valence-corrected chi connectivity index (χ2v) is 9.93. The smallest absolute Gasteiger partial charge is 0.255 e. The van der Waals surface area contributed by atoms with Gasteiger partial charge < -0.3 is 10.0 Å². The van der Waals surface area contributed by atoms with E-state index in [1.54, 1.807) is 32.4 Å². The molecule has 0 spiro atoms. The minimum absolute atomic E-state index is 0.109. The topological polar surface area (TPSA) is 83.6 Å². The largest absolute Gasteiger partial charge is 0.378 e. The number of nitrogens with zero attached hydrogens (tertiary/aromatic N) is 5. The van der Waals surface area contributed by atoms with Crippen molar-refractivity contribution in [2.45, 2.75) is 24.4 Å². The van der Waals surface area contributed by atoms with Gasteiger partial charge in [0.15, 0.2) is 6.10 Å². The Kier molecular flexibility index (Phi) is 5.28. The predicted molar refractivity (Wildman–Crippen MR) is 139 cm³/mol. The number of aromatic nitrogens is 4. The number of imidazole rings is 1. The Morgan fingerprint density at radius 2 is 1.86 bits per heavy atom. The Labute approximate surface area is 213 Å². The van der Waals surface area contributed by atoms with Gasteiger partial charge in [0.2, 0.25) is 5.78 Å². The summed E-state index contributed by atoms with van der Waals surface area (Å²) in [6, 6.07) is 15.8. The summed E-state index contributed by atoms with van der Waals surface area (Å²) < 4.78 is 2.06. The van der Waals surface area contributed by atoms with Crippen molar-refractivity contribution >= 4 is 34.2 Å². The highest BCUT2D eigenvalue weighted by atomic mass is 35.5. The summed E-state index contributed by atoms with van der Waals surface area (Å²) in [4.78, 5) is 27.1. The fraction of sp³-hybridized carbons (Fsp3) is 0.214. The van der Waals surface area contributed by atoms with Gasteiger partial charge in [0, 0.05) is 59.6 Å². The zero-order valence-electron chi connectivity index (χ0n) is 19.9. The maximum atomic E-state index is 12.2. The monoisotopic (exact) mass is 497 g/mol. The molecule has 1 unspecified atom stereocenters. The van der Waals surface area contributed by atoms with Crippen LogP contribution < -0.4 is 0 Å². The average molecular weight is 498 g/mol. The van der Waals surface area contributed by atoms with E-state index in [0.29, 0.717) is 16.4 Å². The molecule has 1 aliphatic carbocycles. The second kappa shape index (κ2) is 8.40. The van der Waals surface area contributed by atoms with Crippen molar-refractivity contribution in [3.63, 3.8) is 0 Å². The van der Waals surface area contributed by atoms with Crippen LogP contribution >= 0.6 is 11.6 Å². The van der Waals surface area contributed by atoms with Crippen molar-refractivity contribution in [3.8, 4) is 11.1 Å². The number of halogens is 1. The van der Waals surface area contributed by atoms with Gasteiger partial charge in [0.1, 0.15) is 0 Å². The van der Waals surface area contributed by atoms with Crippen LogP contribution in [0.4, 0.5) is 0 Å². The maximum Gasteiger partial charge on any atom is 0.255 e. The van der Waals surface area contributed by atoms with Crippen molar-refractivity contribution in [1.82, 2.24) is 24.3 Å². The molecule has 1 amide bonds. The summed E-state index contributed by atoms with van der Waals surface area (Å²) in [7, 11) is 3.19. The molecular formula is C28H24ClN5O2. The van der Waals surface area contributed by atoms with E-state index < -0.39 is 12.0 Å². The number of hydrogen-bond donors (Lipinski definition) is 1. The first-order valence-electron chi connectivity index (χ1n) is 11.8. The van der Waals surface area contributed by atoms with E-state index in [9.17, 15) is 9.90 Å². The first-order valence-corrected chi connectivity index (χ1v) is 12.1. The number of fused-ring (bicyclic) bond motifs is 2. The van der Waals surface area contributed by atoms with Gasteiger partial charge in [0.05, 0.1) is 17.4 Å². The van der Waals surface area contributed by atoms with Crippen molar-refractivity contribution in [2.24, 2.45) is 0 Å². The van der Waals surface area contributed by atoms with E-state index in [-0.39, 0.29) is 5.41 Å². The molecule has 5 aromatic rings. The van der Waals surface area contributed by atoms with E-state index in [2.05, 4.69) is 43.6 Å². The van der Waals surface area contributed by atoms with Crippen molar-refractivity contribution in [1.29, 1.82) is 0 Å². The molecule has 36 heavy (non-hydrogen) atoms. The molecule has 0 aliphatic heterocycles. The normalized spacial score (nSPS) is 15.2. The Bertz CT molecular complexity index is 1640. The zero-order valence-corrected chi connectivity index (χ0v) is 20.6. The Balaban J connectivity index is 1.39. The highest BCUT2D eigenvalue weighted by Gasteiger charge is 2.48. The van der Waals surface area contributed by atoms with Crippen LogP contribution in [-0.2, 0) is 10.2 Å². The number of amides is 1. The van der Waals surface area contributed by atoms with Gasteiger partial charge >= 0.3 is 0 Å². The van der Waals surface area contributed by atoms with Gasteiger partial charge in [-0.25, -0.2) is 9.97 Å². The minimum atomic E-state index is -1.31. The molecule has 0 saturated heterocycles. The molecule has 8 heteroatoms. The van der Waals surface area contributed by atoms with Crippen LogP contribution in [-0.4, -0.2) is 49.4 Å². The van der Waals surface area contributed by atoms with Crippen molar-refractivity contribution < 1.29 is 9.90 Å². The van der Waals surface area contributed by atoms with Gasteiger partial charge in [-0.05, 0) is 48.2 Å². The number of rotatable bonds is 5. The number of benzene rings is 2. The first kappa shape index (κ1) is 22.6. The second-order valence-electron chi connectivity index (χ2n) is 9.52. The lowest BCUT2D eigenvalue weighted by Gasteiger charge is -2.18. The number of pyridine rings is 1. The van der Waals surface area contributed by atoms with Gasteiger partial charge in [-0.15, -0.1) is 0 Å². The highest BCUT2D eigenvalue weighted by molar-refractivity contribution is 6.32. The van der Waals surface area contributed by atoms with E-state index in [0.717, 1.165) is 40.6 Å². The maximum absolute atomic E-state index is 12.2. The number of hydrogen-bond acceptors (Lipinski definition) is 5. The molecule has 1 saturated carbocycles. The van der Waals surface area contributed by atoms with Crippen LogP contribution in [0.2, 0.25) is 5.02 Å². The summed E-state index contributed by atoms with van der Waals surface area (Å²) in [6.45, 7) is 0. The molecule has 0 radical (unpaired) electrons. The molecule has 7 nitrogen and oxygen atoms in total. The number of likely N-dealkylation sites (N-methyl/N-ethyl adjacent to an activating group) is 1. The van der Waals surface area contributed by atoms with Crippen molar-refractivity contribution in [3.05, 3.63) is 95.2 Å².